The first kappa shape index (κ1) is 18.4. The van der Waals surface area contributed by atoms with Crippen LogP contribution < -0.4 is 5.63 Å². The van der Waals surface area contributed by atoms with E-state index in [2.05, 4.69) is 10.1 Å². The molecule has 3 rings (SSSR count). The molecule has 1 aliphatic heterocycles. The highest BCUT2D eigenvalue weighted by Gasteiger charge is 2.18. The van der Waals surface area contributed by atoms with Crippen LogP contribution in [0.25, 0.3) is 11.0 Å². The summed E-state index contributed by atoms with van der Waals surface area (Å²) in [6, 6.07) is 5.30. The van der Waals surface area contributed by atoms with Crippen LogP contribution in [0.5, 0.6) is 5.75 Å². The van der Waals surface area contributed by atoms with E-state index in [1.165, 1.54) is 0 Å². The lowest BCUT2D eigenvalue weighted by atomic mass is 10.1. The highest BCUT2D eigenvalue weighted by atomic mass is 16.6. The summed E-state index contributed by atoms with van der Waals surface area (Å²) in [7, 11) is 0. The Labute approximate surface area is 151 Å². The molecule has 1 aliphatic rings. The number of benzene rings is 1. The summed E-state index contributed by atoms with van der Waals surface area (Å²) >= 11 is 0. The summed E-state index contributed by atoms with van der Waals surface area (Å²) in [5.74, 6) is -0.144. The van der Waals surface area contributed by atoms with Crippen molar-refractivity contribution < 1.29 is 19.5 Å². The lowest BCUT2D eigenvalue weighted by molar-refractivity contribution is 0.0575. The number of para-hydroxylation sites is 1. The number of fused-ring (bicyclic) bond motifs is 1. The Morgan fingerprint density at radius 1 is 1.38 bits per heavy atom. The van der Waals surface area contributed by atoms with Gasteiger partial charge in [0, 0.05) is 19.6 Å². The summed E-state index contributed by atoms with van der Waals surface area (Å²) in [6.45, 7) is 6.15. The average Bonchev–Trinajstić information content (AvgIpc) is 2.61. The fourth-order valence-electron chi connectivity index (χ4n) is 3.17. The molecule has 0 bridgehead atoms. The lowest BCUT2D eigenvalue weighted by Crippen LogP contribution is -2.37. The Hall–Kier alpha value is -2.38. The van der Waals surface area contributed by atoms with E-state index in [-0.39, 0.29) is 23.1 Å². The third-order valence-electron chi connectivity index (χ3n) is 4.72. The van der Waals surface area contributed by atoms with Crippen LogP contribution in [0.3, 0.4) is 0 Å². The molecule has 0 unspecified atom stereocenters. The van der Waals surface area contributed by atoms with Crippen LogP contribution in [0, 0.1) is 6.92 Å². The quantitative estimate of drug-likeness (QED) is 0.366. The molecule has 1 aromatic heterocycles. The molecule has 0 aliphatic carbocycles. The second-order valence-electron chi connectivity index (χ2n) is 6.65. The summed E-state index contributed by atoms with van der Waals surface area (Å²) in [5.41, 5.74) is 0.802. The molecular weight excluding hydrogens is 336 g/mol. The van der Waals surface area contributed by atoms with E-state index in [9.17, 15) is 15.0 Å². The van der Waals surface area contributed by atoms with Crippen LogP contribution in [0.1, 0.15) is 30.9 Å². The largest absolute Gasteiger partial charge is 0.506 e. The molecule has 1 saturated heterocycles. The fourth-order valence-corrected chi connectivity index (χ4v) is 3.17. The number of aromatic hydroxyl groups is 1. The zero-order valence-corrected chi connectivity index (χ0v) is 15.1. The maximum absolute atomic E-state index is 12.3. The maximum Gasteiger partial charge on any atom is 0.349 e. The van der Waals surface area contributed by atoms with Crippen molar-refractivity contribution in [1.82, 2.24) is 4.90 Å². The van der Waals surface area contributed by atoms with Crippen molar-refractivity contribution in [2.45, 2.75) is 32.8 Å². The van der Waals surface area contributed by atoms with Crippen LogP contribution in [-0.4, -0.2) is 53.2 Å². The van der Waals surface area contributed by atoms with E-state index in [0.29, 0.717) is 24.1 Å². The number of hydrogen-bond donors (Lipinski definition) is 2. The van der Waals surface area contributed by atoms with Gasteiger partial charge < -0.3 is 19.5 Å². The van der Waals surface area contributed by atoms with Crippen molar-refractivity contribution in [3.05, 3.63) is 39.7 Å². The Morgan fingerprint density at radius 2 is 2.12 bits per heavy atom. The highest BCUT2D eigenvalue weighted by Crippen LogP contribution is 2.28. The van der Waals surface area contributed by atoms with E-state index in [0.717, 1.165) is 31.5 Å². The molecular formula is C19H24N2O5. The Bertz CT molecular complexity index is 866. The molecule has 2 N–H and O–H groups in total. The van der Waals surface area contributed by atoms with Crippen LogP contribution >= 0.6 is 0 Å². The molecule has 2 aromatic rings. The van der Waals surface area contributed by atoms with Gasteiger partial charge in [-0.15, -0.1) is 0 Å². The monoisotopic (exact) mass is 360 g/mol. The maximum atomic E-state index is 12.3. The average molecular weight is 360 g/mol. The summed E-state index contributed by atoms with van der Waals surface area (Å²) in [6.07, 6.45) is 1.34. The van der Waals surface area contributed by atoms with E-state index in [1.807, 2.05) is 13.0 Å². The smallest absolute Gasteiger partial charge is 0.349 e. The van der Waals surface area contributed by atoms with Crippen molar-refractivity contribution in [1.29, 1.82) is 0 Å². The van der Waals surface area contributed by atoms with Crippen LogP contribution in [0.2, 0.25) is 0 Å². The molecule has 26 heavy (non-hydrogen) atoms. The minimum absolute atomic E-state index is 0.0178. The van der Waals surface area contributed by atoms with Crippen molar-refractivity contribution in [2.24, 2.45) is 5.16 Å². The summed E-state index contributed by atoms with van der Waals surface area (Å²) in [5, 5.41) is 24.4. The van der Waals surface area contributed by atoms with Gasteiger partial charge in [-0.3, -0.25) is 4.90 Å². The SMILES string of the molecule is CC(=NOCCN1CCC(O)CC1)c1c(O)c2cccc(C)c2oc1=O. The molecule has 1 fully saturated rings. The predicted octanol–water partition coefficient (Wildman–Crippen LogP) is 2.00. The molecule has 0 spiro atoms. The lowest BCUT2D eigenvalue weighted by Gasteiger charge is -2.28. The van der Waals surface area contributed by atoms with E-state index in [4.69, 9.17) is 9.25 Å². The molecule has 0 radical (unpaired) electrons. The number of rotatable bonds is 5. The van der Waals surface area contributed by atoms with Gasteiger partial charge in [0.05, 0.1) is 17.2 Å². The third kappa shape index (κ3) is 3.89. The van der Waals surface area contributed by atoms with Crippen LogP contribution in [0.15, 0.2) is 32.6 Å². The zero-order chi connectivity index (χ0) is 18.7. The van der Waals surface area contributed by atoms with E-state index >= 15 is 0 Å². The van der Waals surface area contributed by atoms with Gasteiger partial charge in [0.1, 0.15) is 23.5 Å². The van der Waals surface area contributed by atoms with Crippen LogP contribution in [-0.2, 0) is 4.84 Å². The first-order valence-corrected chi connectivity index (χ1v) is 8.80. The second kappa shape index (κ2) is 7.88. The number of likely N-dealkylation sites (tertiary alicyclic amines) is 1. The van der Waals surface area contributed by atoms with Gasteiger partial charge in [-0.25, -0.2) is 4.79 Å². The first-order chi connectivity index (χ1) is 12.5. The number of aliphatic hydroxyl groups is 1. The Balaban J connectivity index is 1.70. The summed E-state index contributed by atoms with van der Waals surface area (Å²) in [4.78, 5) is 19.8. The molecule has 0 atom stereocenters. The normalized spacial score (nSPS) is 17.0. The fraction of sp³-hybridized carbons (Fsp3) is 0.474. The molecule has 7 nitrogen and oxygen atoms in total. The van der Waals surface area contributed by atoms with Gasteiger partial charge in [0.15, 0.2) is 0 Å². The van der Waals surface area contributed by atoms with E-state index in [1.54, 1.807) is 19.1 Å². The standard InChI is InChI=1S/C19H24N2O5/c1-12-4-3-5-15-17(23)16(19(24)26-18(12)15)13(2)20-25-11-10-21-8-6-14(22)7-9-21/h3-5,14,22-23H,6-11H2,1-2H3. The van der Waals surface area contributed by atoms with Crippen molar-refractivity contribution in [2.75, 3.05) is 26.2 Å². The number of piperidine rings is 1. The van der Waals surface area contributed by atoms with Gasteiger partial charge >= 0.3 is 5.63 Å². The minimum Gasteiger partial charge on any atom is -0.506 e. The van der Waals surface area contributed by atoms with Crippen molar-refractivity contribution >= 4 is 16.7 Å². The first-order valence-electron chi connectivity index (χ1n) is 8.80. The number of aryl methyl sites for hydroxylation is 1. The molecule has 7 heteroatoms. The predicted molar refractivity (Wildman–Crippen MR) is 98.7 cm³/mol. The van der Waals surface area contributed by atoms with Gasteiger partial charge in [0.2, 0.25) is 0 Å². The summed E-state index contributed by atoms with van der Waals surface area (Å²) < 4.78 is 5.35. The van der Waals surface area contributed by atoms with Gasteiger partial charge in [-0.2, -0.15) is 0 Å². The second-order valence-corrected chi connectivity index (χ2v) is 6.65. The number of hydrogen-bond acceptors (Lipinski definition) is 7. The zero-order valence-electron chi connectivity index (χ0n) is 15.1. The van der Waals surface area contributed by atoms with Gasteiger partial charge in [-0.1, -0.05) is 17.3 Å². The number of oxime groups is 1. The Kier molecular flexibility index (Phi) is 5.58. The van der Waals surface area contributed by atoms with Gasteiger partial charge in [0.25, 0.3) is 0 Å². The number of aliphatic hydroxyl groups excluding tert-OH is 1. The molecule has 1 aromatic carbocycles. The molecule has 0 amide bonds. The number of nitrogens with zero attached hydrogens (tertiary/aromatic N) is 2. The van der Waals surface area contributed by atoms with Crippen LogP contribution in [0.4, 0.5) is 0 Å². The topological polar surface area (TPSA) is 95.5 Å². The molecule has 2 heterocycles. The minimum atomic E-state index is -0.640. The molecule has 0 saturated carbocycles. The van der Waals surface area contributed by atoms with Crippen molar-refractivity contribution in [3.63, 3.8) is 0 Å². The molecule has 140 valence electrons. The Morgan fingerprint density at radius 3 is 2.85 bits per heavy atom. The van der Waals surface area contributed by atoms with E-state index < -0.39 is 5.63 Å². The van der Waals surface area contributed by atoms with Crippen molar-refractivity contribution in [3.8, 4) is 5.75 Å². The van der Waals surface area contributed by atoms with Gasteiger partial charge in [-0.05, 0) is 38.3 Å². The third-order valence-corrected chi connectivity index (χ3v) is 4.72. The highest BCUT2D eigenvalue weighted by molar-refractivity contribution is 6.04.